The van der Waals surface area contributed by atoms with E-state index in [-0.39, 0.29) is 19.6 Å². The first-order valence-electron chi connectivity index (χ1n) is 3.82. The molecule has 1 atom stereocenters. The lowest BCUT2D eigenvalue weighted by Gasteiger charge is -2.39. The molecule has 5 heteroatoms. The Morgan fingerprint density at radius 2 is 2.08 bits per heavy atom. The van der Waals surface area contributed by atoms with Gasteiger partial charge in [-0.1, -0.05) is 0 Å². The first-order chi connectivity index (χ1) is 5.52. The van der Waals surface area contributed by atoms with E-state index in [0.717, 1.165) is 0 Å². The van der Waals surface area contributed by atoms with E-state index in [1.54, 1.807) is 0 Å². The van der Waals surface area contributed by atoms with Crippen LogP contribution in [0.2, 0.25) is 0 Å². The van der Waals surface area contributed by atoms with E-state index in [2.05, 4.69) is 0 Å². The molecule has 0 aromatic rings. The molecule has 1 saturated heterocycles. The normalized spacial score (nSPS) is 35.0. The molecular formula is C7H12F3NO. The minimum absolute atomic E-state index is 0.00175. The third-order valence-electron chi connectivity index (χ3n) is 2.19. The topological polar surface area (TPSA) is 35.2 Å². The minimum Gasteiger partial charge on any atom is -0.379 e. The zero-order valence-corrected chi connectivity index (χ0v) is 6.66. The maximum absolute atomic E-state index is 13.1. The molecule has 1 rings (SSSR count). The number of hydrogen-bond donors (Lipinski definition) is 1. The van der Waals surface area contributed by atoms with Crippen LogP contribution in [0.15, 0.2) is 0 Å². The molecule has 0 radical (unpaired) electrons. The van der Waals surface area contributed by atoms with Crippen LogP contribution in [0.4, 0.5) is 13.2 Å². The molecule has 1 unspecified atom stereocenters. The van der Waals surface area contributed by atoms with Crippen molar-refractivity contribution in [1.29, 1.82) is 0 Å². The number of halogens is 3. The van der Waals surface area contributed by atoms with E-state index in [1.807, 2.05) is 0 Å². The molecule has 1 aliphatic heterocycles. The molecule has 0 aromatic heterocycles. The van der Waals surface area contributed by atoms with Crippen molar-refractivity contribution in [3.8, 4) is 0 Å². The van der Waals surface area contributed by atoms with Crippen molar-refractivity contribution in [2.45, 2.75) is 24.3 Å². The molecule has 0 amide bonds. The minimum atomic E-state index is -3.00. The lowest BCUT2D eigenvalue weighted by Crippen LogP contribution is -2.62. The summed E-state index contributed by atoms with van der Waals surface area (Å²) in [4.78, 5) is 0. The average molecular weight is 183 g/mol. The van der Waals surface area contributed by atoms with Gasteiger partial charge in [-0.3, -0.25) is 4.39 Å². The summed E-state index contributed by atoms with van der Waals surface area (Å²) < 4.78 is 42.8. The zero-order valence-electron chi connectivity index (χ0n) is 6.66. The Labute approximate surface area is 68.9 Å². The summed E-state index contributed by atoms with van der Waals surface area (Å²) in [7, 11) is 0. The molecule has 0 bridgehead atoms. The predicted molar refractivity (Wildman–Crippen MR) is 37.9 cm³/mol. The van der Waals surface area contributed by atoms with Gasteiger partial charge in [-0.25, -0.2) is 8.78 Å². The van der Waals surface area contributed by atoms with Crippen molar-refractivity contribution in [3.63, 3.8) is 0 Å². The SMILES string of the molecule is NC1(CCF)COCCC1(F)F. The molecular weight excluding hydrogens is 171 g/mol. The van der Waals surface area contributed by atoms with Gasteiger partial charge in [0.2, 0.25) is 0 Å². The van der Waals surface area contributed by atoms with Gasteiger partial charge in [0.25, 0.3) is 5.92 Å². The number of hydrogen-bond acceptors (Lipinski definition) is 2. The monoisotopic (exact) mass is 183 g/mol. The van der Waals surface area contributed by atoms with Crippen molar-refractivity contribution in [2.75, 3.05) is 19.9 Å². The van der Waals surface area contributed by atoms with Crippen molar-refractivity contribution < 1.29 is 17.9 Å². The zero-order chi connectivity index (χ0) is 9.24. The highest BCUT2D eigenvalue weighted by Crippen LogP contribution is 2.36. The Kier molecular flexibility index (Phi) is 2.63. The lowest BCUT2D eigenvalue weighted by atomic mass is 9.86. The summed E-state index contributed by atoms with van der Waals surface area (Å²) in [5.41, 5.74) is 3.53. The Balaban J connectivity index is 2.69. The Morgan fingerprint density at radius 3 is 2.58 bits per heavy atom. The molecule has 0 aromatic carbocycles. The third kappa shape index (κ3) is 1.56. The molecule has 12 heavy (non-hydrogen) atoms. The maximum atomic E-state index is 13.1. The van der Waals surface area contributed by atoms with Crippen LogP contribution in [-0.4, -0.2) is 31.3 Å². The van der Waals surface area contributed by atoms with Crippen LogP contribution in [0, 0.1) is 0 Å². The number of alkyl halides is 3. The molecule has 0 spiro atoms. The van der Waals surface area contributed by atoms with Gasteiger partial charge in [0.1, 0.15) is 5.54 Å². The van der Waals surface area contributed by atoms with Gasteiger partial charge in [-0.15, -0.1) is 0 Å². The van der Waals surface area contributed by atoms with Gasteiger partial charge in [0.05, 0.1) is 19.9 Å². The van der Waals surface area contributed by atoms with Crippen LogP contribution in [-0.2, 0) is 4.74 Å². The molecule has 2 nitrogen and oxygen atoms in total. The van der Waals surface area contributed by atoms with E-state index < -0.39 is 24.6 Å². The first kappa shape index (κ1) is 9.80. The summed E-state index contributed by atoms with van der Waals surface area (Å²) in [6.07, 6.45) is -0.760. The van der Waals surface area contributed by atoms with E-state index in [9.17, 15) is 13.2 Å². The smallest absolute Gasteiger partial charge is 0.270 e. The molecule has 1 aliphatic rings. The van der Waals surface area contributed by atoms with Gasteiger partial charge < -0.3 is 10.5 Å². The van der Waals surface area contributed by atoms with Gasteiger partial charge in [0, 0.05) is 12.8 Å². The van der Waals surface area contributed by atoms with Crippen LogP contribution in [0.25, 0.3) is 0 Å². The van der Waals surface area contributed by atoms with E-state index in [1.165, 1.54) is 0 Å². The van der Waals surface area contributed by atoms with E-state index in [4.69, 9.17) is 10.5 Å². The van der Waals surface area contributed by atoms with Crippen LogP contribution in [0.5, 0.6) is 0 Å². The molecule has 0 aliphatic carbocycles. The summed E-state index contributed by atoms with van der Waals surface area (Å²) >= 11 is 0. The second kappa shape index (κ2) is 3.22. The molecule has 2 N–H and O–H groups in total. The highest BCUT2D eigenvalue weighted by Gasteiger charge is 2.52. The van der Waals surface area contributed by atoms with Crippen molar-refractivity contribution in [1.82, 2.24) is 0 Å². The average Bonchev–Trinajstić information content (AvgIpc) is 1.96. The fourth-order valence-corrected chi connectivity index (χ4v) is 1.23. The third-order valence-corrected chi connectivity index (χ3v) is 2.19. The molecule has 1 heterocycles. The standard InChI is InChI=1S/C7H12F3NO/c8-3-1-6(11)5-12-4-2-7(6,9)10/h1-5,11H2. The van der Waals surface area contributed by atoms with Crippen LogP contribution in [0.1, 0.15) is 12.8 Å². The van der Waals surface area contributed by atoms with Crippen molar-refractivity contribution in [2.24, 2.45) is 5.73 Å². The van der Waals surface area contributed by atoms with Crippen molar-refractivity contribution in [3.05, 3.63) is 0 Å². The molecule has 0 saturated carbocycles. The summed E-state index contributed by atoms with van der Waals surface area (Å²) in [6, 6.07) is 0. The number of rotatable bonds is 2. The molecule has 1 fully saturated rings. The van der Waals surface area contributed by atoms with Crippen molar-refractivity contribution >= 4 is 0 Å². The van der Waals surface area contributed by atoms with Gasteiger partial charge in [0.15, 0.2) is 0 Å². The largest absolute Gasteiger partial charge is 0.379 e. The first-order valence-corrected chi connectivity index (χ1v) is 3.82. The fourth-order valence-electron chi connectivity index (χ4n) is 1.23. The Hall–Kier alpha value is -0.290. The second-order valence-corrected chi connectivity index (χ2v) is 3.10. The predicted octanol–water partition coefficient (Wildman–Crippen LogP) is 1.10. The quantitative estimate of drug-likeness (QED) is 0.695. The van der Waals surface area contributed by atoms with Crippen LogP contribution in [0.3, 0.4) is 0 Å². The number of nitrogens with two attached hydrogens (primary N) is 1. The lowest BCUT2D eigenvalue weighted by molar-refractivity contribution is -0.158. The Morgan fingerprint density at radius 1 is 1.42 bits per heavy atom. The Bertz CT molecular complexity index is 161. The van der Waals surface area contributed by atoms with E-state index in [0.29, 0.717) is 0 Å². The highest BCUT2D eigenvalue weighted by atomic mass is 19.3. The maximum Gasteiger partial charge on any atom is 0.270 e. The highest BCUT2D eigenvalue weighted by molar-refractivity contribution is 4.99. The fraction of sp³-hybridized carbons (Fsp3) is 1.00. The van der Waals surface area contributed by atoms with E-state index >= 15 is 0 Å². The van der Waals surface area contributed by atoms with Crippen LogP contribution < -0.4 is 5.73 Å². The number of ether oxygens (including phenoxy) is 1. The second-order valence-electron chi connectivity index (χ2n) is 3.10. The summed E-state index contributed by atoms with van der Waals surface area (Å²) in [6.45, 7) is -1.10. The van der Waals surface area contributed by atoms with Crippen LogP contribution >= 0.6 is 0 Å². The van der Waals surface area contributed by atoms with Gasteiger partial charge in [-0.2, -0.15) is 0 Å². The van der Waals surface area contributed by atoms with Gasteiger partial charge in [-0.05, 0) is 0 Å². The summed E-state index contributed by atoms with van der Waals surface area (Å²) in [5.74, 6) is -3.00. The summed E-state index contributed by atoms with van der Waals surface area (Å²) in [5, 5.41) is 0. The van der Waals surface area contributed by atoms with Gasteiger partial charge >= 0.3 is 0 Å². The molecule has 72 valence electrons.